The number of nitrogens with zero attached hydrogens (tertiary/aromatic N) is 1. The van der Waals surface area contributed by atoms with Crippen molar-refractivity contribution in [1.29, 1.82) is 0 Å². The lowest BCUT2D eigenvalue weighted by Gasteiger charge is -2.17. The maximum absolute atomic E-state index is 3.87. The molecule has 3 aromatic carbocycles. The quantitative estimate of drug-likeness (QED) is 0.279. The summed E-state index contributed by atoms with van der Waals surface area (Å²) in [5.74, 6) is 0.541. The number of hydrogen-bond donors (Lipinski definition) is 0. The smallest absolute Gasteiger partial charge is 0.0491 e. The third-order valence-corrected chi connectivity index (χ3v) is 6.32. The maximum Gasteiger partial charge on any atom is 0.0491 e. The first-order chi connectivity index (χ1) is 14.7. The van der Waals surface area contributed by atoms with E-state index in [0.717, 1.165) is 19.4 Å². The van der Waals surface area contributed by atoms with E-state index in [-0.39, 0.29) is 0 Å². The Labute approximate surface area is 180 Å². The second-order valence-electron chi connectivity index (χ2n) is 8.11. The van der Waals surface area contributed by atoms with E-state index in [2.05, 4.69) is 105 Å². The molecule has 0 aliphatic carbocycles. The molecule has 0 fully saturated rings. The van der Waals surface area contributed by atoms with Gasteiger partial charge in [0, 0.05) is 28.4 Å². The summed E-state index contributed by atoms with van der Waals surface area (Å²) < 4.78 is 2.41. The van der Waals surface area contributed by atoms with Crippen LogP contribution in [0.15, 0.2) is 79.4 Å². The van der Waals surface area contributed by atoms with Gasteiger partial charge in [-0.2, -0.15) is 0 Å². The van der Waals surface area contributed by atoms with Crippen LogP contribution in [0.5, 0.6) is 0 Å². The summed E-state index contributed by atoms with van der Waals surface area (Å²) in [5.41, 5.74) is 8.16. The number of benzene rings is 3. The molecule has 4 aromatic rings. The molecule has 152 valence electrons. The molecule has 0 saturated heterocycles. The largest absolute Gasteiger partial charge is 0.341 e. The van der Waals surface area contributed by atoms with E-state index in [0.29, 0.717) is 5.92 Å². The first-order valence-corrected chi connectivity index (χ1v) is 11.1. The Hall–Kier alpha value is -3.06. The average Bonchev–Trinajstić information content (AvgIpc) is 3.10. The minimum Gasteiger partial charge on any atom is -0.341 e. The van der Waals surface area contributed by atoms with Gasteiger partial charge in [-0.3, -0.25) is 0 Å². The molecule has 0 spiro atoms. The molecule has 0 radical (unpaired) electrons. The van der Waals surface area contributed by atoms with Crippen LogP contribution in [0.2, 0.25) is 0 Å². The fourth-order valence-corrected chi connectivity index (χ4v) is 4.58. The molecular weight excluding hydrogens is 362 g/mol. The second-order valence-corrected chi connectivity index (χ2v) is 8.11. The van der Waals surface area contributed by atoms with Crippen molar-refractivity contribution >= 4 is 27.9 Å². The zero-order valence-corrected chi connectivity index (χ0v) is 18.4. The summed E-state index contributed by atoms with van der Waals surface area (Å²) in [6.45, 7) is 11.6. The average molecular weight is 394 g/mol. The zero-order valence-electron chi connectivity index (χ0n) is 18.4. The third kappa shape index (κ3) is 3.61. The van der Waals surface area contributed by atoms with Gasteiger partial charge in [-0.15, -0.1) is 0 Å². The third-order valence-electron chi connectivity index (χ3n) is 6.32. The second kappa shape index (κ2) is 8.75. The number of para-hydroxylation sites is 1. The molecule has 4 rings (SSSR count). The van der Waals surface area contributed by atoms with Gasteiger partial charge in [-0.05, 0) is 66.1 Å². The summed E-state index contributed by atoms with van der Waals surface area (Å²) >= 11 is 0. The predicted octanol–water partition coefficient (Wildman–Crippen LogP) is 8.12. The molecule has 1 heteroatoms. The molecular formula is C29H31N. The van der Waals surface area contributed by atoms with Gasteiger partial charge in [0.15, 0.2) is 0 Å². The Morgan fingerprint density at radius 3 is 2.50 bits per heavy atom. The number of rotatable bonds is 7. The molecule has 1 nitrogen and oxygen atoms in total. The van der Waals surface area contributed by atoms with Crippen LogP contribution in [0.25, 0.3) is 27.9 Å². The van der Waals surface area contributed by atoms with Crippen molar-refractivity contribution in [3.63, 3.8) is 0 Å². The number of aromatic nitrogens is 1. The van der Waals surface area contributed by atoms with Gasteiger partial charge < -0.3 is 4.57 Å². The van der Waals surface area contributed by atoms with Crippen LogP contribution in [-0.4, -0.2) is 4.57 Å². The summed E-state index contributed by atoms with van der Waals surface area (Å²) in [4.78, 5) is 0. The molecule has 1 heterocycles. The predicted molar refractivity (Wildman–Crippen MR) is 132 cm³/mol. The number of fused-ring (bicyclic) bond motifs is 3. The van der Waals surface area contributed by atoms with Crippen molar-refractivity contribution in [1.82, 2.24) is 4.57 Å². The van der Waals surface area contributed by atoms with E-state index in [1.165, 1.54) is 44.1 Å². The van der Waals surface area contributed by atoms with E-state index in [9.17, 15) is 0 Å². The highest BCUT2D eigenvalue weighted by Crippen LogP contribution is 2.32. The minimum absolute atomic E-state index is 0.541. The van der Waals surface area contributed by atoms with Crippen LogP contribution in [0.3, 0.4) is 0 Å². The molecule has 0 aliphatic heterocycles. The minimum atomic E-state index is 0.541. The molecule has 0 N–H and O–H groups in total. The highest BCUT2D eigenvalue weighted by Gasteiger charge is 2.13. The number of hydrogen-bond acceptors (Lipinski definition) is 0. The standard InChI is InChI=1S/C29H31N/c1-5-8-13-25-23(12-11-15-24(25)21(4)6-2)19-22-17-18-29-27(20-22)26-14-9-10-16-28(26)30(29)7-3/h5,8-18,20-21H,1,6-7,19H2,2-4H3/b13-8-. The van der Waals surface area contributed by atoms with Crippen molar-refractivity contribution in [2.45, 2.75) is 46.1 Å². The fourth-order valence-electron chi connectivity index (χ4n) is 4.58. The lowest BCUT2D eigenvalue weighted by atomic mass is 9.88. The first-order valence-electron chi connectivity index (χ1n) is 11.1. The van der Waals surface area contributed by atoms with E-state index >= 15 is 0 Å². The van der Waals surface area contributed by atoms with Gasteiger partial charge in [0.2, 0.25) is 0 Å². The van der Waals surface area contributed by atoms with Crippen LogP contribution < -0.4 is 0 Å². The van der Waals surface area contributed by atoms with Crippen molar-refractivity contribution in [3.05, 3.63) is 102 Å². The molecule has 1 atom stereocenters. The van der Waals surface area contributed by atoms with E-state index in [1.54, 1.807) is 0 Å². The topological polar surface area (TPSA) is 4.93 Å². The van der Waals surface area contributed by atoms with Crippen molar-refractivity contribution in [3.8, 4) is 0 Å². The molecule has 0 bridgehead atoms. The molecule has 1 aromatic heterocycles. The Balaban J connectivity index is 1.82. The Morgan fingerprint density at radius 2 is 1.73 bits per heavy atom. The van der Waals surface area contributed by atoms with Crippen LogP contribution in [0.4, 0.5) is 0 Å². The van der Waals surface area contributed by atoms with E-state index < -0.39 is 0 Å². The molecule has 1 unspecified atom stereocenters. The zero-order chi connectivity index (χ0) is 21.1. The van der Waals surface area contributed by atoms with Crippen molar-refractivity contribution < 1.29 is 0 Å². The normalized spacial score (nSPS) is 12.8. The Kier molecular flexibility index (Phi) is 5.90. The van der Waals surface area contributed by atoms with E-state index in [1.807, 2.05) is 6.08 Å². The Bertz CT molecular complexity index is 1220. The lowest BCUT2D eigenvalue weighted by Crippen LogP contribution is -2.00. The first kappa shape index (κ1) is 20.2. The van der Waals surface area contributed by atoms with Gasteiger partial charge in [0.05, 0.1) is 0 Å². The SMILES string of the molecule is C=C/C=C\c1c(Cc2ccc3c(c2)c2ccccc2n3CC)cccc1C(C)CC. The van der Waals surface area contributed by atoms with Crippen molar-refractivity contribution in [2.24, 2.45) is 0 Å². The molecule has 0 saturated carbocycles. The Morgan fingerprint density at radius 1 is 0.933 bits per heavy atom. The molecule has 0 aliphatic rings. The van der Waals surface area contributed by atoms with Gasteiger partial charge >= 0.3 is 0 Å². The van der Waals surface area contributed by atoms with E-state index in [4.69, 9.17) is 0 Å². The highest BCUT2D eigenvalue weighted by molar-refractivity contribution is 6.08. The number of aryl methyl sites for hydroxylation is 1. The van der Waals surface area contributed by atoms with Crippen LogP contribution in [0, 0.1) is 0 Å². The maximum atomic E-state index is 3.87. The number of allylic oxidation sites excluding steroid dienone is 2. The van der Waals surface area contributed by atoms with Crippen LogP contribution in [0.1, 0.15) is 55.4 Å². The van der Waals surface area contributed by atoms with Gasteiger partial charge in [0.25, 0.3) is 0 Å². The fraction of sp³-hybridized carbons (Fsp3) is 0.241. The van der Waals surface area contributed by atoms with Gasteiger partial charge in [-0.25, -0.2) is 0 Å². The lowest BCUT2D eigenvalue weighted by molar-refractivity contribution is 0.730. The van der Waals surface area contributed by atoms with Gasteiger partial charge in [0.1, 0.15) is 0 Å². The summed E-state index contributed by atoms with van der Waals surface area (Å²) in [6.07, 6.45) is 8.22. The van der Waals surface area contributed by atoms with Crippen molar-refractivity contribution in [2.75, 3.05) is 0 Å². The van der Waals surface area contributed by atoms with Crippen LogP contribution in [-0.2, 0) is 13.0 Å². The molecule has 30 heavy (non-hydrogen) atoms. The summed E-state index contributed by atoms with van der Waals surface area (Å²) in [5, 5.41) is 2.70. The summed E-state index contributed by atoms with van der Waals surface area (Å²) in [6, 6.07) is 22.5. The summed E-state index contributed by atoms with van der Waals surface area (Å²) in [7, 11) is 0. The highest BCUT2D eigenvalue weighted by atomic mass is 15.0. The van der Waals surface area contributed by atoms with Crippen LogP contribution >= 0.6 is 0 Å². The molecule has 0 amide bonds. The monoisotopic (exact) mass is 393 g/mol. The van der Waals surface area contributed by atoms with Gasteiger partial charge in [-0.1, -0.05) is 81.1 Å².